The molecule has 4 heteroatoms. The molecule has 3 unspecified atom stereocenters. The molecule has 7 aromatic rings. The Bertz CT molecular complexity index is 2830. The van der Waals surface area contributed by atoms with Gasteiger partial charge in [-0.1, -0.05) is 134 Å². The van der Waals surface area contributed by atoms with Crippen LogP contribution < -0.4 is 5.32 Å². The highest BCUT2D eigenvalue weighted by Gasteiger charge is 2.25. The van der Waals surface area contributed by atoms with E-state index in [4.69, 9.17) is 14.4 Å². The summed E-state index contributed by atoms with van der Waals surface area (Å²) >= 11 is 0. The molecule has 0 bridgehead atoms. The molecule has 4 nitrogen and oxygen atoms in total. The van der Waals surface area contributed by atoms with E-state index in [1.807, 2.05) is 6.07 Å². The third-order valence-corrected chi connectivity index (χ3v) is 11.6. The van der Waals surface area contributed by atoms with Crippen LogP contribution in [0.25, 0.3) is 67.0 Å². The summed E-state index contributed by atoms with van der Waals surface area (Å²) in [6.45, 7) is 0. The van der Waals surface area contributed by atoms with Crippen molar-refractivity contribution in [1.82, 2.24) is 9.97 Å². The van der Waals surface area contributed by atoms with Crippen molar-refractivity contribution >= 4 is 61.4 Å². The topological polar surface area (TPSA) is 51.0 Å². The maximum atomic E-state index is 6.63. The van der Waals surface area contributed by atoms with Gasteiger partial charge in [-0.05, 0) is 54.2 Å². The largest absolute Gasteiger partial charge is 0.460 e. The predicted octanol–water partition coefficient (Wildman–Crippen LogP) is 12.3. The number of rotatable bonds is 4. The molecule has 0 spiro atoms. The fourth-order valence-electron chi connectivity index (χ4n) is 8.84. The molecule has 11 rings (SSSR count). The van der Waals surface area contributed by atoms with Crippen LogP contribution in [0.3, 0.4) is 0 Å². The SMILES string of the molecule is C1=Cc2c(oc3c2ccc2c(C4C=CC(C5C=CC(C6C=Cc7ccc8ccc(-c9ccccc9)nc8c7N6)=CC5)=CC4)nc4ccccc4c23)CC1. The lowest BCUT2D eigenvalue weighted by Crippen LogP contribution is -2.23. The van der Waals surface area contributed by atoms with Crippen LogP contribution in [0.5, 0.6) is 0 Å². The number of para-hydroxylation sites is 1. The molecule has 4 aliphatic rings. The molecule has 0 radical (unpaired) electrons. The highest BCUT2D eigenvalue weighted by Crippen LogP contribution is 2.43. The van der Waals surface area contributed by atoms with E-state index in [0.29, 0.717) is 5.92 Å². The molecule has 3 atom stereocenters. The second-order valence-corrected chi connectivity index (χ2v) is 14.7. The lowest BCUT2D eigenvalue weighted by atomic mass is 9.82. The third-order valence-electron chi connectivity index (χ3n) is 11.6. The van der Waals surface area contributed by atoms with Gasteiger partial charge in [0.25, 0.3) is 0 Å². The van der Waals surface area contributed by atoms with Crippen LogP contribution >= 0.6 is 0 Å². The zero-order chi connectivity index (χ0) is 34.9. The highest BCUT2D eigenvalue weighted by molar-refractivity contribution is 6.19. The van der Waals surface area contributed by atoms with Crippen molar-refractivity contribution in [2.45, 2.75) is 37.6 Å². The Morgan fingerprint density at radius 1 is 0.660 bits per heavy atom. The predicted molar refractivity (Wildman–Crippen MR) is 220 cm³/mol. The molecule has 1 N–H and O–H groups in total. The number of fused-ring (bicyclic) bond motifs is 10. The Morgan fingerprint density at radius 3 is 2.36 bits per heavy atom. The minimum atomic E-state index is 0.0993. The maximum absolute atomic E-state index is 6.63. The molecule has 0 fully saturated rings. The average molecular weight is 684 g/mol. The fraction of sp³-hybridized carbons (Fsp3) is 0.143. The van der Waals surface area contributed by atoms with Gasteiger partial charge in [-0.25, -0.2) is 4.98 Å². The summed E-state index contributed by atoms with van der Waals surface area (Å²) in [5.41, 5.74) is 12.5. The Labute approximate surface area is 308 Å². The smallest absolute Gasteiger partial charge is 0.143 e. The summed E-state index contributed by atoms with van der Waals surface area (Å²) in [6.07, 6.45) is 27.2. The van der Waals surface area contributed by atoms with Crippen LogP contribution in [-0.4, -0.2) is 16.0 Å². The second kappa shape index (κ2) is 12.2. The Morgan fingerprint density at radius 2 is 1.47 bits per heavy atom. The van der Waals surface area contributed by atoms with Gasteiger partial charge in [0, 0.05) is 56.3 Å². The van der Waals surface area contributed by atoms with Crippen LogP contribution in [-0.2, 0) is 6.42 Å². The number of anilines is 1. The third kappa shape index (κ3) is 5.04. The number of allylic oxidation sites excluding steroid dienone is 7. The van der Waals surface area contributed by atoms with Gasteiger partial charge in [-0.15, -0.1) is 0 Å². The summed E-state index contributed by atoms with van der Waals surface area (Å²) in [6, 6.07) is 32.2. The number of furan rings is 1. The monoisotopic (exact) mass is 683 g/mol. The number of nitrogens with one attached hydrogen (secondary N) is 1. The molecule has 53 heavy (non-hydrogen) atoms. The lowest BCUT2D eigenvalue weighted by Gasteiger charge is -2.28. The summed E-state index contributed by atoms with van der Waals surface area (Å²) in [5, 5.41) is 9.73. The molecule has 3 aromatic heterocycles. The molecule has 3 aliphatic carbocycles. The Hall–Kier alpha value is -6.26. The molecule has 0 saturated heterocycles. The van der Waals surface area contributed by atoms with Crippen LogP contribution in [0.2, 0.25) is 0 Å². The minimum Gasteiger partial charge on any atom is -0.460 e. The number of nitrogens with zero attached hydrogens (tertiary/aromatic N) is 2. The maximum Gasteiger partial charge on any atom is 0.143 e. The van der Waals surface area contributed by atoms with E-state index in [2.05, 4.69) is 151 Å². The van der Waals surface area contributed by atoms with Crippen molar-refractivity contribution in [2.24, 2.45) is 5.92 Å². The van der Waals surface area contributed by atoms with Gasteiger partial charge in [-0.2, -0.15) is 0 Å². The van der Waals surface area contributed by atoms with Gasteiger partial charge >= 0.3 is 0 Å². The number of aromatic nitrogens is 2. The van der Waals surface area contributed by atoms with Gasteiger partial charge in [0.05, 0.1) is 34.2 Å². The van der Waals surface area contributed by atoms with E-state index < -0.39 is 0 Å². The standard InChI is InChI=1S/C49H37N3O/c1-2-8-32(9-3-1)41-28-24-35-22-23-36-25-29-42(51-48(36)47(35)50-41)33-18-14-30(15-19-33)31-16-20-34(21-17-31)46-40-27-26-38-37-10-5-7-13-44(37)53-49(38)45(40)39-11-4-6-12-43(39)52-46/h1-6,8-12,14,16-20,22-30,34,42,51H,7,13,15,21H2. The Balaban J connectivity index is 0.847. The van der Waals surface area contributed by atoms with E-state index in [0.717, 1.165) is 81.5 Å². The first-order valence-electron chi connectivity index (χ1n) is 18.9. The molecular weight excluding hydrogens is 647 g/mol. The summed E-state index contributed by atoms with van der Waals surface area (Å²) in [5.74, 6) is 1.66. The first-order chi connectivity index (χ1) is 26.2. The minimum absolute atomic E-state index is 0.0993. The van der Waals surface area contributed by atoms with E-state index in [9.17, 15) is 0 Å². The molecule has 0 saturated carbocycles. The number of hydrogen-bond donors (Lipinski definition) is 1. The van der Waals surface area contributed by atoms with Crippen LogP contribution in [0.1, 0.15) is 47.8 Å². The van der Waals surface area contributed by atoms with E-state index in [1.165, 1.54) is 38.4 Å². The van der Waals surface area contributed by atoms with Crippen LogP contribution in [0, 0.1) is 5.92 Å². The zero-order valence-electron chi connectivity index (χ0n) is 29.3. The van der Waals surface area contributed by atoms with Gasteiger partial charge in [0.15, 0.2) is 0 Å². The molecule has 1 aliphatic heterocycles. The Kier molecular flexibility index (Phi) is 6.97. The van der Waals surface area contributed by atoms with Crippen molar-refractivity contribution in [3.05, 3.63) is 173 Å². The highest BCUT2D eigenvalue weighted by atomic mass is 16.3. The molecule has 254 valence electrons. The fourth-order valence-corrected chi connectivity index (χ4v) is 8.84. The van der Waals surface area contributed by atoms with Crippen molar-refractivity contribution in [1.29, 1.82) is 0 Å². The molecule has 0 amide bonds. The van der Waals surface area contributed by atoms with E-state index in [-0.39, 0.29) is 12.0 Å². The summed E-state index contributed by atoms with van der Waals surface area (Å²) in [4.78, 5) is 10.4. The molecular formula is C49H37N3O. The molecule has 4 heterocycles. The first-order valence-corrected chi connectivity index (χ1v) is 18.9. The van der Waals surface area contributed by atoms with Crippen LogP contribution in [0.15, 0.2) is 155 Å². The summed E-state index contributed by atoms with van der Waals surface area (Å²) in [7, 11) is 0. The number of pyridine rings is 2. The number of benzene rings is 4. The van der Waals surface area contributed by atoms with Gasteiger partial charge in [-0.3, -0.25) is 4.98 Å². The summed E-state index contributed by atoms with van der Waals surface area (Å²) < 4.78 is 6.63. The van der Waals surface area contributed by atoms with E-state index in [1.54, 1.807) is 0 Å². The van der Waals surface area contributed by atoms with E-state index >= 15 is 0 Å². The first kappa shape index (κ1) is 30.4. The lowest BCUT2D eigenvalue weighted by molar-refractivity contribution is 0.549. The number of aryl methyl sites for hydroxylation is 1. The number of hydrogen-bond acceptors (Lipinski definition) is 4. The van der Waals surface area contributed by atoms with Crippen molar-refractivity contribution in [3.63, 3.8) is 0 Å². The normalized spacial score (nSPS) is 20.4. The quantitative estimate of drug-likeness (QED) is 0.188. The van der Waals surface area contributed by atoms with Crippen molar-refractivity contribution in [3.8, 4) is 11.3 Å². The zero-order valence-corrected chi connectivity index (χ0v) is 29.3. The average Bonchev–Trinajstić information content (AvgIpc) is 3.62. The van der Waals surface area contributed by atoms with Gasteiger partial charge < -0.3 is 9.73 Å². The van der Waals surface area contributed by atoms with Crippen molar-refractivity contribution in [2.75, 3.05) is 5.32 Å². The van der Waals surface area contributed by atoms with Crippen molar-refractivity contribution < 1.29 is 4.42 Å². The van der Waals surface area contributed by atoms with Gasteiger partial charge in [0.1, 0.15) is 11.3 Å². The van der Waals surface area contributed by atoms with Crippen LogP contribution in [0.4, 0.5) is 5.69 Å². The van der Waals surface area contributed by atoms with Gasteiger partial charge in [0.2, 0.25) is 0 Å². The molecule has 4 aromatic carbocycles. The second-order valence-electron chi connectivity index (χ2n) is 14.7.